The van der Waals surface area contributed by atoms with Crippen LogP contribution in [-0.4, -0.2) is 63.3 Å². The average molecular weight is 422 g/mol. The summed E-state index contributed by atoms with van der Waals surface area (Å²) in [4.78, 5) is 27.4. The highest BCUT2D eigenvalue weighted by Gasteiger charge is 2.41. The van der Waals surface area contributed by atoms with Crippen LogP contribution in [0.25, 0.3) is 0 Å². The second kappa shape index (κ2) is 9.91. The molecule has 2 unspecified atom stereocenters. The lowest BCUT2D eigenvalue weighted by molar-refractivity contribution is -0.124. The minimum atomic E-state index is -0.370. The minimum Gasteiger partial charge on any atom is -0.493 e. The van der Waals surface area contributed by atoms with E-state index in [4.69, 9.17) is 14.2 Å². The zero-order chi connectivity index (χ0) is 22.5. The fraction of sp³-hybridized carbons (Fsp3) is 0.636. The van der Waals surface area contributed by atoms with Crippen LogP contribution in [0.4, 0.5) is 4.79 Å². The van der Waals surface area contributed by atoms with Gasteiger partial charge in [0.2, 0.25) is 11.7 Å². The first-order chi connectivity index (χ1) is 14.1. The number of likely N-dealkylation sites (tertiary alicyclic amines) is 1. The first-order valence-corrected chi connectivity index (χ1v) is 10.3. The normalized spacial score (nSPS) is 18.7. The molecule has 0 bridgehead atoms. The molecule has 30 heavy (non-hydrogen) atoms. The topological polar surface area (TPSA) is 89.1 Å². The molecule has 1 aliphatic rings. The summed E-state index contributed by atoms with van der Waals surface area (Å²) in [6, 6.07) is 3.54. The summed E-state index contributed by atoms with van der Waals surface area (Å²) in [6.07, 6.45) is 0.849. The van der Waals surface area contributed by atoms with Crippen molar-refractivity contribution in [2.45, 2.75) is 45.6 Å². The Bertz CT molecular complexity index is 735. The molecule has 1 aromatic rings. The molecule has 0 saturated carbocycles. The van der Waals surface area contributed by atoms with Gasteiger partial charge >= 0.3 is 6.03 Å². The highest BCUT2D eigenvalue weighted by molar-refractivity contribution is 5.83. The lowest BCUT2D eigenvalue weighted by atomic mass is 9.88. The van der Waals surface area contributed by atoms with Crippen LogP contribution in [0.2, 0.25) is 0 Å². The number of carbonyl (C=O) groups is 2. The largest absolute Gasteiger partial charge is 0.493 e. The zero-order valence-electron chi connectivity index (χ0n) is 19.1. The van der Waals surface area contributed by atoms with Gasteiger partial charge in [0, 0.05) is 31.1 Å². The van der Waals surface area contributed by atoms with Gasteiger partial charge in [-0.15, -0.1) is 0 Å². The number of hydrogen-bond donors (Lipinski definition) is 2. The summed E-state index contributed by atoms with van der Waals surface area (Å²) in [5, 5.41) is 5.96. The van der Waals surface area contributed by atoms with Gasteiger partial charge in [-0.25, -0.2) is 4.79 Å². The number of nitrogens with one attached hydrogen (secondary N) is 2. The molecule has 1 heterocycles. The standard InChI is InChI=1S/C22H35N3O5/c1-8-9-23-20(26)16-13-25(21(27)24-22(2,3)4)12-15(16)14-10-17(28-5)19(30-7)18(11-14)29-6/h10-11,15-16H,8-9,12-13H2,1-7H3,(H,23,26)(H,24,27). The van der Waals surface area contributed by atoms with E-state index in [1.54, 1.807) is 26.2 Å². The number of rotatable bonds is 7. The molecular weight excluding hydrogens is 386 g/mol. The Labute approximate surface area is 179 Å². The molecule has 0 spiro atoms. The lowest BCUT2D eigenvalue weighted by Crippen LogP contribution is -2.48. The van der Waals surface area contributed by atoms with Crippen molar-refractivity contribution in [1.29, 1.82) is 0 Å². The minimum absolute atomic E-state index is 0.0540. The van der Waals surface area contributed by atoms with Crippen LogP contribution in [-0.2, 0) is 4.79 Å². The first kappa shape index (κ1) is 23.6. The van der Waals surface area contributed by atoms with E-state index in [1.165, 1.54) is 0 Å². The number of benzene rings is 1. The summed E-state index contributed by atoms with van der Waals surface area (Å²) in [5.74, 6) is 0.929. The maximum Gasteiger partial charge on any atom is 0.317 e. The number of urea groups is 1. The Balaban J connectivity index is 2.40. The molecule has 2 rings (SSSR count). The third-order valence-corrected chi connectivity index (χ3v) is 5.09. The van der Waals surface area contributed by atoms with E-state index < -0.39 is 0 Å². The molecule has 168 valence electrons. The number of methoxy groups -OCH3 is 3. The van der Waals surface area contributed by atoms with Gasteiger partial charge in [-0.2, -0.15) is 0 Å². The van der Waals surface area contributed by atoms with Gasteiger partial charge < -0.3 is 29.7 Å². The lowest BCUT2D eigenvalue weighted by Gasteiger charge is -2.25. The molecule has 0 radical (unpaired) electrons. The maximum atomic E-state index is 12.9. The van der Waals surface area contributed by atoms with E-state index in [2.05, 4.69) is 10.6 Å². The Hall–Kier alpha value is -2.64. The molecule has 1 aromatic carbocycles. The number of nitrogens with zero attached hydrogens (tertiary/aromatic N) is 1. The Morgan fingerprint density at radius 2 is 1.67 bits per heavy atom. The Morgan fingerprint density at radius 1 is 1.07 bits per heavy atom. The van der Waals surface area contributed by atoms with Gasteiger partial charge in [-0.3, -0.25) is 4.79 Å². The first-order valence-electron chi connectivity index (χ1n) is 10.3. The SMILES string of the molecule is CCCNC(=O)C1CN(C(=O)NC(C)(C)C)CC1c1cc(OC)c(OC)c(OC)c1. The molecular formula is C22H35N3O5. The van der Waals surface area contributed by atoms with E-state index in [9.17, 15) is 9.59 Å². The number of amides is 3. The quantitative estimate of drug-likeness (QED) is 0.707. The van der Waals surface area contributed by atoms with Crippen molar-refractivity contribution in [3.8, 4) is 17.2 Å². The summed E-state index contributed by atoms with van der Waals surface area (Å²) in [5.41, 5.74) is 0.508. The van der Waals surface area contributed by atoms with E-state index in [0.29, 0.717) is 36.9 Å². The second-order valence-corrected chi connectivity index (χ2v) is 8.55. The van der Waals surface area contributed by atoms with Crippen LogP contribution < -0.4 is 24.8 Å². The van der Waals surface area contributed by atoms with Crippen LogP contribution >= 0.6 is 0 Å². The van der Waals surface area contributed by atoms with Crippen molar-refractivity contribution in [2.75, 3.05) is 41.0 Å². The third-order valence-electron chi connectivity index (χ3n) is 5.09. The average Bonchev–Trinajstić information content (AvgIpc) is 3.15. The van der Waals surface area contributed by atoms with Crippen LogP contribution in [0.1, 0.15) is 45.6 Å². The van der Waals surface area contributed by atoms with Crippen molar-refractivity contribution >= 4 is 11.9 Å². The van der Waals surface area contributed by atoms with E-state index in [1.807, 2.05) is 39.8 Å². The van der Waals surface area contributed by atoms with Gasteiger partial charge in [-0.1, -0.05) is 6.92 Å². The zero-order valence-corrected chi connectivity index (χ0v) is 19.1. The molecule has 8 heteroatoms. The fourth-order valence-corrected chi connectivity index (χ4v) is 3.67. The van der Waals surface area contributed by atoms with Crippen molar-refractivity contribution in [1.82, 2.24) is 15.5 Å². The van der Waals surface area contributed by atoms with Crippen molar-refractivity contribution in [3.63, 3.8) is 0 Å². The summed E-state index contributed by atoms with van der Waals surface area (Å²) >= 11 is 0. The van der Waals surface area contributed by atoms with Crippen LogP contribution in [0.5, 0.6) is 17.2 Å². The van der Waals surface area contributed by atoms with Crippen molar-refractivity contribution in [3.05, 3.63) is 17.7 Å². The third kappa shape index (κ3) is 5.49. The molecule has 2 N–H and O–H groups in total. The molecule has 1 aliphatic heterocycles. The van der Waals surface area contributed by atoms with E-state index in [-0.39, 0.29) is 29.3 Å². The predicted molar refractivity (Wildman–Crippen MR) is 115 cm³/mol. The van der Waals surface area contributed by atoms with Crippen LogP contribution in [0.15, 0.2) is 12.1 Å². The van der Waals surface area contributed by atoms with Crippen molar-refractivity contribution < 1.29 is 23.8 Å². The molecule has 1 saturated heterocycles. The van der Waals surface area contributed by atoms with Gasteiger partial charge in [0.15, 0.2) is 11.5 Å². The van der Waals surface area contributed by atoms with E-state index in [0.717, 1.165) is 12.0 Å². The monoisotopic (exact) mass is 421 g/mol. The number of ether oxygens (including phenoxy) is 3. The molecule has 0 aromatic heterocycles. The Kier molecular flexibility index (Phi) is 7.81. The van der Waals surface area contributed by atoms with Crippen LogP contribution in [0, 0.1) is 5.92 Å². The summed E-state index contributed by atoms with van der Waals surface area (Å²) in [6.45, 7) is 9.18. The molecule has 8 nitrogen and oxygen atoms in total. The highest BCUT2D eigenvalue weighted by Crippen LogP contribution is 2.43. The van der Waals surface area contributed by atoms with Crippen molar-refractivity contribution in [2.24, 2.45) is 5.92 Å². The number of carbonyl (C=O) groups excluding carboxylic acids is 2. The van der Waals surface area contributed by atoms with E-state index >= 15 is 0 Å². The van der Waals surface area contributed by atoms with Crippen LogP contribution in [0.3, 0.4) is 0 Å². The number of hydrogen-bond acceptors (Lipinski definition) is 5. The van der Waals surface area contributed by atoms with Gasteiger partial charge in [-0.05, 0) is 44.9 Å². The van der Waals surface area contributed by atoms with Gasteiger partial charge in [0.1, 0.15) is 0 Å². The van der Waals surface area contributed by atoms with Gasteiger partial charge in [0.05, 0.1) is 27.2 Å². The fourth-order valence-electron chi connectivity index (χ4n) is 3.67. The summed E-state index contributed by atoms with van der Waals surface area (Å²) in [7, 11) is 4.67. The molecule has 0 aliphatic carbocycles. The molecule has 3 amide bonds. The maximum absolute atomic E-state index is 12.9. The molecule has 1 fully saturated rings. The predicted octanol–water partition coefficient (Wildman–Crippen LogP) is 2.76. The Morgan fingerprint density at radius 3 is 2.13 bits per heavy atom. The smallest absolute Gasteiger partial charge is 0.317 e. The summed E-state index contributed by atoms with van der Waals surface area (Å²) < 4.78 is 16.4. The van der Waals surface area contributed by atoms with Gasteiger partial charge in [0.25, 0.3) is 0 Å². The molecule has 2 atom stereocenters. The second-order valence-electron chi connectivity index (χ2n) is 8.55. The highest BCUT2D eigenvalue weighted by atomic mass is 16.5.